The first-order valence-corrected chi connectivity index (χ1v) is 7.60. The molecule has 1 heterocycles. The third-order valence-electron chi connectivity index (χ3n) is 2.99. The third kappa shape index (κ3) is 5.79. The Morgan fingerprint density at radius 3 is 2.00 bits per heavy atom. The van der Waals surface area contributed by atoms with E-state index in [0.717, 1.165) is 5.75 Å². The molecule has 0 saturated carbocycles. The molecule has 14 heavy (non-hydrogen) atoms. The van der Waals surface area contributed by atoms with E-state index in [0.29, 0.717) is 5.25 Å². The fourth-order valence-electron chi connectivity index (χ4n) is 1.86. The van der Waals surface area contributed by atoms with Gasteiger partial charge in [0.05, 0.1) is 0 Å². The van der Waals surface area contributed by atoms with E-state index in [1.165, 1.54) is 57.8 Å². The van der Waals surface area contributed by atoms with Crippen LogP contribution < -0.4 is 0 Å². The van der Waals surface area contributed by atoms with Gasteiger partial charge in [0.1, 0.15) is 0 Å². The molecular formula is C12H24OS. The second-order valence-electron chi connectivity index (χ2n) is 4.43. The van der Waals surface area contributed by atoms with Gasteiger partial charge >= 0.3 is 0 Å². The molecule has 1 saturated heterocycles. The lowest BCUT2D eigenvalue weighted by Crippen LogP contribution is -1.86. The van der Waals surface area contributed by atoms with Gasteiger partial charge in [-0.3, -0.25) is 4.21 Å². The number of hydrogen-bond acceptors (Lipinski definition) is 1. The molecule has 0 aliphatic carbocycles. The second kappa shape index (κ2) is 7.44. The molecule has 1 fully saturated rings. The summed E-state index contributed by atoms with van der Waals surface area (Å²) in [6.45, 7) is 2.26. The first-order valence-electron chi connectivity index (χ1n) is 6.21. The molecule has 2 heteroatoms. The summed E-state index contributed by atoms with van der Waals surface area (Å²) >= 11 is 0. The number of hydrogen-bond donors (Lipinski definition) is 0. The van der Waals surface area contributed by atoms with Gasteiger partial charge in [-0.25, -0.2) is 0 Å². The maximum Gasteiger partial charge on any atom is 0.0463 e. The van der Waals surface area contributed by atoms with Crippen LogP contribution in [0.25, 0.3) is 0 Å². The van der Waals surface area contributed by atoms with Crippen LogP contribution >= 0.6 is 0 Å². The minimum Gasteiger partial charge on any atom is -0.259 e. The van der Waals surface area contributed by atoms with Crippen LogP contribution in [0.4, 0.5) is 0 Å². The van der Waals surface area contributed by atoms with Crippen LogP contribution in [-0.2, 0) is 10.8 Å². The summed E-state index contributed by atoms with van der Waals surface area (Å²) in [7, 11) is -0.410. The van der Waals surface area contributed by atoms with Gasteiger partial charge in [0.25, 0.3) is 0 Å². The zero-order chi connectivity index (χ0) is 10.2. The van der Waals surface area contributed by atoms with E-state index in [1.54, 1.807) is 0 Å². The van der Waals surface area contributed by atoms with Gasteiger partial charge < -0.3 is 0 Å². The van der Waals surface area contributed by atoms with E-state index < -0.39 is 10.8 Å². The van der Waals surface area contributed by atoms with Crippen molar-refractivity contribution in [3.05, 3.63) is 0 Å². The average Bonchev–Trinajstić information content (AvgIpc) is 2.87. The average molecular weight is 216 g/mol. The lowest BCUT2D eigenvalue weighted by Gasteiger charge is -2.00. The SMILES string of the molecule is CCCCCCCCCCC1CS1=O. The van der Waals surface area contributed by atoms with E-state index in [9.17, 15) is 4.21 Å². The predicted octanol–water partition coefficient (Wildman–Crippen LogP) is 3.65. The monoisotopic (exact) mass is 216 g/mol. The molecule has 1 nitrogen and oxygen atoms in total. The maximum atomic E-state index is 10.8. The molecule has 1 aliphatic rings. The summed E-state index contributed by atoms with van der Waals surface area (Å²) in [6.07, 6.45) is 12.3. The van der Waals surface area contributed by atoms with Crippen LogP contribution in [0.1, 0.15) is 64.7 Å². The fourth-order valence-corrected chi connectivity index (χ4v) is 2.92. The van der Waals surface area contributed by atoms with Gasteiger partial charge in [0, 0.05) is 21.8 Å². The lowest BCUT2D eigenvalue weighted by molar-refractivity contribution is 0.568. The molecule has 1 rings (SSSR count). The Hall–Kier alpha value is 0.150. The van der Waals surface area contributed by atoms with E-state index >= 15 is 0 Å². The molecule has 2 atom stereocenters. The van der Waals surface area contributed by atoms with Crippen molar-refractivity contribution >= 4 is 10.8 Å². The quantitative estimate of drug-likeness (QED) is 0.425. The third-order valence-corrected chi connectivity index (χ3v) is 4.43. The Kier molecular flexibility index (Phi) is 6.50. The van der Waals surface area contributed by atoms with Crippen LogP contribution in [-0.4, -0.2) is 15.2 Å². The van der Waals surface area contributed by atoms with Gasteiger partial charge in [-0.2, -0.15) is 0 Å². The minimum absolute atomic E-state index is 0.410. The van der Waals surface area contributed by atoms with Gasteiger partial charge in [0.15, 0.2) is 0 Å². The maximum absolute atomic E-state index is 10.8. The topological polar surface area (TPSA) is 17.1 Å². The number of rotatable bonds is 9. The predicted molar refractivity (Wildman–Crippen MR) is 64.0 cm³/mol. The number of unbranched alkanes of at least 4 members (excludes halogenated alkanes) is 7. The van der Waals surface area contributed by atoms with Gasteiger partial charge in [-0.05, 0) is 6.42 Å². The largest absolute Gasteiger partial charge is 0.259 e. The summed E-state index contributed by atoms with van der Waals surface area (Å²) in [5.74, 6) is 0.997. The van der Waals surface area contributed by atoms with Crippen LogP contribution in [0, 0.1) is 0 Å². The first-order chi connectivity index (χ1) is 6.84. The van der Waals surface area contributed by atoms with Gasteiger partial charge in [0.2, 0.25) is 0 Å². The summed E-state index contributed by atoms with van der Waals surface area (Å²) in [4.78, 5) is 0. The van der Waals surface area contributed by atoms with Crippen molar-refractivity contribution < 1.29 is 4.21 Å². The van der Waals surface area contributed by atoms with Gasteiger partial charge in [-0.15, -0.1) is 0 Å². The highest BCUT2D eigenvalue weighted by Crippen LogP contribution is 2.22. The van der Waals surface area contributed by atoms with E-state index in [2.05, 4.69) is 6.92 Å². The van der Waals surface area contributed by atoms with Crippen molar-refractivity contribution in [3.63, 3.8) is 0 Å². The summed E-state index contributed by atoms with van der Waals surface area (Å²) in [5, 5.41) is 0.593. The molecule has 84 valence electrons. The summed E-state index contributed by atoms with van der Waals surface area (Å²) in [6, 6.07) is 0. The standard InChI is InChI=1S/C12H24OS/c1-2-3-4-5-6-7-8-9-10-12-11-14(12)13/h12H,2-11H2,1H3. The molecule has 0 bridgehead atoms. The Bertz CT molecular complexity index is 168. The van der Waals surface area contributed by atoms with Crippen molar-refractivity contribution in [2.24, 2.45) is 0 Å². The highest BCUT2D eigenvalue weighted by Gasteiger charge is 2.31. The molecule has 0 spiro atoms. The normalized spacial score (nSPS) is 25.2. The van der Waals surface area contributed by atoms with E-state index in [1.807, 2.05) is 0 Å². The van der Waals surface area contributed by atoms with Crippen LogP contribution in [0.2, 0.25) is 0 Å². The summed E-state index contributed by atoms with van der Waals surface area (Å²) in [5.41, 5.74) is 0. The van der Waals surface area contributed by atoms with Crippen LogP contribution in [0.5, 0.6) is 0 Å². The van der Waals surface area contributed by atoms with E-state index in [4.69, 9.17) is 0 Å². The Morgan fingerprint density at radius 1 is 1.00 bits per heavy atom. The van der Waals surface area contributed by atoms with E-state index in [-0.39, 0.29) is 0 Å². The van der Waals surface area contributed by atoms with Gasteiger partial charge in [-0.1, -0.05) is 58.3 Å². The molecule has 0 amide bonds. The minimum atomic E-state index is -0.410. The molecular weight excluding hydrogens is 192 g/mol. The second-order valence-corrected chi connectivity index (χ2v) is 6.19. The van der Waals surface area contributed by atoms with Crippen LogP contribution in [0.15, 0.2) is 0 Å². The molecule has 2 unspecified atom stereocenters. The van der Waals surface area contributed by atoms with Crippen molar-refractivity contribution in [2.45, 2.75) is 70.0 Å². The highest BCUT2D eigenvalue weighted by atomic mass is 32.2. The molecule has 0 aromatic heterocycles. The molecule has 1 aliphatic heterocycles. The van der Waals surface area contributed by atoms with Crippen molar-refractivity contribution in [1.82, 2.24) is 0 Å². The Morgan fingerprint density at radius 2 is 1.50 bits per heavy atom. The lowest BCUT2D eigenvalue weighted by atomic mass is 10.1. The zero-order valence-corrected chi connectivity index (χ0v) is 10.3. The Labute approximate surface area is 91.1 Å². The molecule has 0 aromatic rings. The zero-order valence-electron chi connectivity index (χ0n) is 9.46. The van der Waals surface area contributed by atoms with Crippen LogP contribution in [0.3, 0.4) is 0 Å². The molecule has 0 aromatic carbocycles. The fraction of sp³-hybridized carbons (Fsp3) is 1.00. The Balaban J connectivity index is 1.70. The van der Waals surface area contributed by atoms with Crippen molar-refractivity contribution in [3.8, 4) is 0 Å². The van der Waals surface area contributed by atoms with Crippen molar-refractivity contribution in [1.29, 1.82) is 0 Å². The summed E-state index contributed by atoms with van der Waals surface area (Å²) < 4.78 is 10.8. The molecule has 0 radical (unpaired) electrons. The first kappa shape index (κ1) is 12.2. The molecule has 0 N–H and O–H groups in total. The van der Waals surface area contributed by atoms with Crippen molar-refractivity contribution in [2.75, 3.05) is 5.75 Å². The smallest absolute Gasteiger partial charge is 0.0463 e. The highest BCUT2D eigenvalue weighted by molar-refractivity contribution is 7.92.